The van der Waals surface area contributed by atoms with E-state index in [9.17, 15) is 9.59 Å². The lowest BCUT2D eigenvalue weighted by Gasteiger charge is -2.40. The summed E-state index contributed by atoms with van der Waals surface area (Å²) in [6.45, 7) is 7.44. The standard InChI is InChI=1S/C36H45N3O5/c1-36(2,3)44-35(41)38-19-18-30(27-13-8-12-26(22-27)25-10-6-5-7-11-25)31(24-38)34(40)39(28-14-15-28)29-16-17-32(37)33(23-29)43-21-9-20-42-4/h5-8,10-13,16-17,22-23,28,30-31H,9,14-15,18-21,24,37H2,1-4H3/t30-,31+/m1/s1. The lowest BCUT2D eigenvalue weighted by Crippen LogP contribution is -2.51. The molecule has 1 heterocycles. The summed E-state index contributed by atoms with van der Waals surface area (Å²) in [6, 6.07) is 24.4. The van der Waals surface area contributed by atoms with E-state index in [1.165, 1.54) is 0 Å². The quantitative estimate of drug-likeness (QED) is 0.202. The largest absolute Gasteiger partial charge is 0.491 e. The maximum absolute atomic E-state index is 14.7. The molecule has 2 fully saturated rings. The van der Waals surface area contributed by atoms with Crippen LogP contribution in [0.15, 0.2) is 72.8 Å². The summed E-state index contributed by atoms with van der Waals surface area (Å²) in [4.78, 5) is 31.6. The van der Waals surface area contributed by atoms with Crippen LogP contribution in [0.5, 0.6) is 5.75 Å². The summed E-state index contributed by atoms with van der Waals surface area (Å²) < 4.78 is 16.9. The van der Waals surface area contributed by atoms with Crippen LogP contribution < -0.4 is 15.4 Å². The van der Waals surface area contributed by atoms with Gasteiger partial charge in [-0.15, -0.1) is 0 Å². The van der Waals surface area contributed by atoms with Crippen LogP contribution in [0.2, 0.25) is 0 Å². The number of hydrogen-bond acceptors (Lipinski definition) is 6. The molecule has 2 aliphatic rings. The van der Waals surface area contributed by atoms with Crippen LogP contribution in [0, 0.1) is 5.92 Å². The first kappa shape index (κ1) is 31.4. The summed E-state index contributed by atoms with van der Waals surface area (Å²) in [5.74, 6) is 0.0466. The normalized spacial score (nSPS) is 18.5. The predicted molar refractivity (Wildman–Crippen MR) is 174 cm³/mol. The molecule has 1 aliphatic carbocycles. The van der Waals surface area contributed by atoms with Crippen LogP contribution in [0.3, 0.4) is 0 Å². The molecular formula is C36H45N3O5. The Bertz CT molecular complexity index is 1430. The third-order valence-electron chi connectivity index (χ3n) is 8.18. The topological polar surface area (TPSA) is 94.3 Å². The van der Waals surface area contributed by atoms with Gasteiger partial charge in [0.1, 0.15) is 11.4 Å². The number of amides is 2. The van der Waals surface area contributed by atoms with E-state index in [0.29, 0.717) is 37.6 Å². The zero-order valence-corrected chi connectivity index (χ0v) is 26.3. The highest BCUT2D eigenvalue weighted by molar-refractivity contribution is 5.97. The number of methoxy groups -OCH3 is 1. The van der Waals surface area contributed by atoms with Crippen molar-refractivity contribution >= 4 is 23.4 Å². The van der Waals surface area contributed by atoms with Crippen molar-refractivity contribution in [2.45, 2.75) is 64.0 Å². The zero-order valence-electron chi connectivity index (χ0n) is 26.3. The van der Waals surface area contributed by atoms with Crippen molar-refractivity contribution in [3.8, 4) is 16.9 Å². The molecule has 0 unspecified atom stereocenters. The molecule has 5 rings (SSSR count). The van der Waals surface area contributed by atoms with Gasteiger partial charge in [-0.25, -0.2) is 4.79 Å². The molecule has 0 bridgehead atoms. The molecule has 1 saturated heterocycles. The van der Waals surface area contributed by atoms with E-state index in [1.54, 1.807) is 18.1 Å². The van der Waals surface area contributed by atoms with Crippen LogP contribution >= 0.6 is 0 Å². The number of nitrogens with zero attached hydrogens (tertiary/aromatic N) is 2. The summed E-state index contributed by atoms with van der Waals surface area (Å²) in [6.07, 6.45) is 2.86. The number of likely N-dealkylation sites (tertiary alicyclic amines) is 1. The van der Waals surface area contributed by atoms with Gasteiger partial charge < -0.3 is 29.7 Å². The van der Waals surface area contributed by atoms with E-state index in [1.807, 2.05) is 56.0 Å². The fourth-order valence-corrected chi connectivity index (χ4v) is 5.89. The Morgan fingerprint density at radius 1 is 0.932 bits per heavy atom. The van der Waals surface area contributed by atoms with Gasteiger partial charge in [0.2, 0.25) is 5.91 Å². The summed E-state index contributed by atoms with van der Waals surface area (Å²) in [7, 11) is 1.66. The molecule has 8 heteroatoms. The average molecular weight is 600 g/mol. The van der Waals surface area contributed by atoms with Crippen LogP contribution in [-0.2, 0) is 14.3 Å². The van der Waals surface area contributed by atoms with E-state index < -0.39 is 11.5 Å². The van der Waals surface area contributed by atoms with Gasteiger partial charge in [-0.05, 0) is 74.8 Å². The zero-order chi connectivity index (χ0) is 31.3. The maximum atomic E-state index is 14.7. The van der Waals surface area contributed by atoms with Crippen molar-refractivity contribution in [2.24, 2.45) is 5.92 Å². The first-order valence-corrected chi connectivity index (χ1v) is 15.6. The molecule has 8 nitrogen and oxygen atoms in total. The van der Waals surface area contributed by atoms with E-state index in [2.05, 4.69) is 36.4 Å². The third kappa shape index (κ3) is 7.72. The third-order valence-corrected chi connectivity index (χ3v) is 8.18. The number of piperidine rings is 1. The van der Waals surface area contributed by atoms with Gasteiger partial charge in [0.05, 0.1) is 18.2 Å². The van der Waals surface area contributed by atoms with Gasteiger partial charge in [-0.3, -0.25) is 4.79 Å². The number of benzene rings is 3. The molecule has 0 spiro atoms. The van der Waals surface area contributed by atoms with Crippen molar-refractivity contribution < 1.29 is 23.8 Å². The fourth-order valence-electron chi connectivity index (χ4n) is 5.89. The first-order chi connectivity index (χ1) is 21.1. The highest BCUT2D eigenvalue weighted by Crippen LogP contribution is 2.41. The minimum Gasteiger partial charge on any atom is -0.491 e. The maximum Gasteiger partial charge on any atom is 0.410 e. The van der Waals surface area contributed by atoms with Gasteiger partial charge in [0, 0.05) is 51.0 Å². The number of carbonyl (C=O) groups excluding carboxylic acids is 2. The number of nitrogen functional groups attached to an aromatic ring is 1. The van der Waals surface area contributed by atoms with Crippen molar-refractivity contribution in [1.82, 2.24) is 4.90 Å². The Hall–Kier alpha value is -4.04. The van der Waals surface area contributed by atoms with Crippen LogP contribution in [0.25, 0.3) is 11.1 Å². The second kappa shape index (κ2) is 13.7. The Kier molecular flexibility index (Phi) is 9.79. The number of carbonyl (C=O) groups is 2. The van der Waals surface area contributed by atoms with Gasteiger partial charge in [0.15, 0.2) is 0 Å². The molecule has 3 aromatic carbocycles. The number of anilines is 2. The lowest BCUT2D eigenvalue weighted by molar-refractivity contribution is -0.124. The van der Waals surface area contributed by atoms with Crippen molar-refractivity contribution in [3.05, 3.63) is 78.4 Å². The van der Waals surface area contributed by atoms with Crippen LogP contribution in [-0.4, -0.2) is 62.0 Å². The number of ether oxygens (including phenoxy) is 3. The second-order valence-corrected chi connectivity index (χ2v) is 12.8. The molecule has 2 atom stereocenters. The van der Waals surface area contributed by atoms with Gasteiger partial charge >= 0.3 is 6.09 Å². The van der Waals surface area contributed by atoms with Crippen LogP contribution in [0.4, 0.5) is 16.2 Å². The fraction of sp³-hybridized carbons (Fsp3) is 0.444. The Labute approximate surface area is 261 Å². The summed E-state index contributed by atoms with van der Waals surface area (Å²) in [5.41, 5.74) is 10.3. The minimum atomic E-state index is -0.624. The predicted octanol–water partition coefficient (Wildman–Crippen LogP) is 6.89. The summed E-state index contributed by atoms with van der Waals surface area (Å²) >= 11 is 0. The summed E-state index contributed by atoms with van der Waals surface area (Å²) in [5, 5.41) is 0. The Morgan fingerprint density at radius 3 is 2.39 bits per heavy atom. The Morgan fingerprint density at radius 2 is 1.68 bits per heavy atom. The first-order valence-electron chi connectivity index (χ1n) is 15.6. The molecule has 0 aromatic heterocycles. The molecule has 1 aliphatic heterocycles. The van der Waals surface area contributed by atoms with E-state index in [4.69, 9.17) is 19.9 Å². The number of nitrogens with two attached hydrogens (primary N) is 1. The van der Waals surface area contributed by atoms with Crippen molar-refractivity contribution in [1.29, 1.82) is 0 Å². The van der Waals surface area contributed by atoms with Crippen molar-refractivity contribution in [2.75, 3.05) is 44.0 Å². The van der Waals surface area contributed by atoms with E-state index in [-0.39, 0.29) is 30.5 Å². The van der Waals surface area contributed by atoms with Crippen LogP contribution in [0.1, 0.15) is 57.9 Å². The average Bonchev–Trinajstić information content (AvgIpc) is 3.85. The van der Waals surface area contributed by atoms with Gasteiger partial charge in [-0.2, -0.15) is 0 Å². The molecule has 44 heavy (non-hydrogen) atoms. The monoisotopic (exact) mass is 599 g/mol. The molecule has 0 radical (unpaired) electrons. The van der Waals surface area contributed by atoms with E-state index >= 15 is 0 Å². The molecule has 3 aromatic rings. The van der Waals surface area contributed by atoms with Gasteiger partial charge in [0.25, 0.3) is 0 Å². The molecule has 2 N–H and O–H groups in total. The SMILES string of the molecule is COCCCOc1cc(N(C(=O)[C@H]2CN(C(=O)OC(C)(C)C)CC[C@@H]2c2cccc(-c3ccccc3)c2)C2CC2)ccc1N. The second-order valence-electron chi connectivity index (χ2n) is 12.8. The number of hydrogen-bond donors (Lipinski definition) is 1. The Balaban J connectivity index is 1.47. The highest BCUT2D eigenvalue weighted by Gasteiger charge is 2.44. The molecular weight excluding hydrogens is 554 g/mol. The number of rotatable bonds is 10. The van der Waals surface area contributed by atoms with Gasteiger partial charge in [-0.1, -0.05) is 54.6 Å². The van der Waals surface area contributed by atoms with Crippen molar-refractivity contribution in [3.63, 3.8) is 0 Å². The molecule has 234 valence electrons. The smallest absolute Gasteiger partial charge is 0.410 e. The van der Waals surface area contributed by atoms with E-state index in [0.717, 1.165) is 41.6 Å². The molecule has 2 amide bonds. The minimum absolute atomic E-state index is 0.00553. The highest BCUT2D eigenvalue weighted by atomic mass is 16.6. The molecule has 1 saturated carbocycles. The lowest BCUT2D eigenvalue weighted by atomic mass is 9.79.